The number of alkyl halides is 3. The Kier molecular flexibility index (Phi) is 3.08. The van der Waals surface area contributed by atoms with Gasteiger partial charge >= 0.3 is 6.18 Å². The SMILES string of the molecule is COc1cccc(-c2nc3ccc(C(F)(F)F)cc3[nH]2)c1. The number of aromatic amines is 1. The normalized spacial score (nSPS) is 11.8. The van der Waals surface area contributed by atoms with Gasteiger partial charge in [0.2, 0.25) is 0 Å². The summed E-state index contributed by atoms with van der Waals surface area (Å²) in [5.74, 6) is 1.16. The Morgan fingerprint density at radius 2 is 1.90 bits per heavy atom. The van der Waals surface area contributed by atoms with Crippen LogP contribution in [0.4, 0.5) is 13.2 Å². The maximum atomic E-state index is 12.7. The summed E-state index contributed by atoms with van der Waals surface area (Å²) in [7, 11) is 1.55. The molecule has 0 unspecified atom stereocenters. The Labute approximate surface area is 118 Å². The lowest BCUT2D eigenvalue weighted by molar-refractivity contribution is -0.137. The van der Waals surface area contributed by atoms with E-state index in [2.05, 4.69) is 9.97 Å². The van der Waals surface area contributed by atoms with Crippen molar-refractivity contribution in [2.75, 3.05) is 7.11 Å². The van der Waals surface area contributed by atoms with Gasteiger partial charge < -0.3 is 9.72 Å². The summed E-state index contributed by atoms with van der Waals surface area (Å²) in [6.45, 7) is 0. The molecule has 108 valence electrons. The van der Waals surface area contributed by atoms with Crippen LogP contribution >= 0.6 is 0 Å². The molecule has 0 bridgehead atoms. The highest BCUT2D eigenvalue weighted by Crippen LogP contribution is 2.32. The van der Waals surface area contributed by atoms with Gasteiger partial charge in [0.15, 0.2) is 0 Å². The van der Waals surface area contributed by atoms with Crippen LogP contribution in [0.1, 0.15) is 5.56 Å². The summed E-state index contributed by atoms with van der Waals surface area (Å²) in [5, 5.41) is 0. The third-order valence-electron chi connectivity index (χ3n) is 3.15. The lowest BCUT2D eigenvalue weighted by Gasteiger charge is -2.05. The molecule has 3 nitrogen and oxygen atoms in total. The minimum atomic E-state index is -4.37. The summed E-state index contributed by atoms with van der Waals surface area (Å²) >= 11 is 0. The zero-order valence-corrected chi connectivity index (χ0v) is 11.0. The van der Waals surface area contributed by atoms with E-state index in [0.29, 0.717) is 22.6 Å². The number of H-pyrrole nitrogens is 1. The summed E-state index contributed by atoms with van der Waals surface area (Å²) in [4.78, 5) is 7.21. The molecule has 0 aliphatic carbocycles. The van der Waals surface area contributed by atoms with Crippen molar-refractivity contribution >= 4 is 11.0 Å². The Hall–Kier alpha value is -2.50. The predicted molar refractivity (Wildman–Crippen MR) is 73.1 cm³/mol. The van der Waals surface area contributed by atoms with E-state index in [9.17, 15) is 13.2 Å². The Bertz CT molecular complexity index is 793. The number of benzene rings is 2. The number of halogens is 3. The van der Waals surface area contributed by atoms with Crippen LogP contribution in [0.15, 0.2) is 42.5 Å². The monoisotopic (exact) mass is 292 g/mol. The van der Waals surface area contributed by atoms with Crippen molar-refractivity contribution in [2.45, 2.75) is 6.18 Å². The van der Waals surface area contributed by atoms with Gasteiger partial charge in [-0.15, -0.1) is 0 Å². The van der Waals surface area contributed by atoms with E-state index in [1.165, 1.54) is 6.07 Å². The van der Waals surface area contributed by atoms with Crippen LogP contribution in [0.25, 0.3) is 22.4 Å². The molecule has 1 aromatic heterocycles. The maximum Gasteiger partial charge on any atom is 0.416 e. The van der Waals surface area contributed by atoms with Gasteiger partial charge in [0, 0.05) is 5.56 Å². The fourth-order valence-corrected chi connectivity index (χ4v) is 2.09. The second-order valence-electron chi connectivity index (χ2n) is 4.55. The van der Waals surface area contributed by atoms with Gasteiger partial charge in [-0.05, 0) is 30.3 Å². The summed E-state index contributed by atoms with van der Waals surface area (Å²) in [6, 6.07) is 10.6. The smallest absolute Gasteiger partial charge is 0.416 e. The Morgan fingerprint density at radius 3 is 2.62 bits per heavy atom. The molecule has 21 heavy (non-hydrogen) atoms. The highest BCUT2D eigenvalue weighted by atomic mass is 19.4. The van der Waals surface area contributed by atoms with Gasteiger partial charge in [0.05, 0.1) is 23.7 Å². The first-order valence-electron chi connectivity index (χ1n) is 6.19. The molecular weight excluding hydrogens is 281 g/mol. The number of fused-ring (bicyclic) bond motifs is 1. The van der Waals surface area contributed by atoms with Gasteiger partial charge in [-0.2, -0.15) is 13.2 Å². The lowest BCUT2D eigenvalue weighted by Crippen LogP contribution is -2.04. The number of imidazole rings is 1. The molecular formula is C15H11F3N2O. The zero-order valence-electron chi connectivity index (χ0n) is 11.0. The van der Waals surface area contributed by atoms with Gasteiger partial charge in [0.1, 0.15) is 11.6 Å². The molecule has 0 saturated carbocycles. The Balaban J connectivity index is 2.08. The van der Waals surface area contributed by atoms with Crippen LogP contribution in [0.3, 0.4) is 0 Å². The number of ether oxygens (including phenoxy) is 1. The average Bonchev–Trinajstić information content (AvgIpc) is 2.89. The molecule has 2 aromatic carbocycles. The summed E-state index contributed by atoms with van der Waals surface area (Å²) in [6.07, 6.45) is -4.37. The van der Waals surface area contributed by atoms with E-state index in [4.69, 9.17) is 4.74 Å². The number of hydrogen-bond donors (Lipinski definition) is 1. The molecule has 0 aliphatic heterocycles. The van der Waals surface area contributed by atoms with Crippen molar-refractivity contribution in [1.82, 2.24) is 9.97 Å². The zero-order chi connectivity index (χ0) is 15.0. The molecule has 0 spiro atoms. The average molecular weight is 292 g/mol. The second-order valence-corrected chi connectivity index (χ2v) is 4.55. The van der Waals surface area contributed by atoms with Crippen molar-refractivity contribution in [3.05, 3.63) is 48.0 Å². The van der Waals surface area contributed by atoms with Crippen LogP contribution in [0.5, 0.6) is 5.75 Å². The van der Waals surface area contributed by atoms with E-state index >= 15 is 0 Å². The van der Waals surface area contributed by atoms with E-state index < -0.39 is 11.7 Å². The minimum Gasteiger partial charge on any atom is -0.497 e. The van der Waals surface area contributed by atoms with E-state index in [1.54, 1.807) is 25.3 Å². The Morgan fingerprint density at radius 1 is 1.10 bits per heavy atom. The molecule has 1 N–H and O–H groups in total. The second kappa shape index (κ2) is 4.80. The molecule has 0 radical (unpaired) electrons. The van der Waals surface area contributed by atoms with Gasteiger partial charge in [0.25, 0.3) is 0 Å². The lowest BCUT2D eigenvalue weighted by atomic mass is 10.2. The number of hydrogen-bond acceptors (Lipinski definition) is 2. The number of aromatic nitrogens is 2. The molecule has 6 heteroatoms. The van der Waals surface area contributed by atoms with Crippen molar-refractivity contribution in [2.24, 2.45) is 0 Å². The fraction of sp³-hybridized carbons (Fsp3) is 0.133. The molecule has 3 rings (SSSR count). The number of nitrogens with zero attached hydrogens (tertiary/aromatic N) is 1. The first-order chi connectivity index (χ1) is 9.97. The molecule has 0 saturated heterocycles. The van der Waals surface area contributed by atoms with Gasteiger partial charge in [-0.25, -0.2) is 4.98 Å². The van der Waals surface area contributed by atoms with Crippen molar-refractivity contribution < 1.29 is 17.9 Å². The van der Waals surface area contributed by atoms with E-state index in [0.717, 1.165) is 17.7 Å². The largest absolute Gasteiger partial charge is 0.497 e. The van der Waals surface area contributed by atoms with Crippen molar-refractivity contribution in [3.63, 3.8) is 0 Å². The molecule has 0 atom stereocenters. The van der Waals surface area contributed by atoms with Gasteiger partial charge in [-0.3, -0.25) is 0 Å². The van der Waals surface area contributed by atoms with Crippen LogP contribution in [0.2, 0.25) is 0 Å². The summed E-state index contributed by atoms with van der Waals surface area (Å²) in [5.41, 5.74) is 0.887. The standard InChI is InChI=1S/C15H11F3N2O/c1-21-11-4-2-3-9(7-11)14-19-12-6-5-10(15(16,17)18)8-13(12)20-14/h2-8H,1H3,(H,19,20). The van der Waals surface area contributed by atoms with Crippen molar-refractivity contribution in [1.29, 1.82) is 0 Å². The van der Waals surface area contributed by atoms with E-state index in [-0.39, 0.29) is 0 Å². The summed E-state index contributed by atoms with van der Waals surface area (Å²) < 4.78 is 43.2. The molecule has 3 aromatic rings. The highest BCUT2D eigenvalue weighted by molar-refractivity contribution is 5.80. The number of methoxy groups -OCH3 is 1. The fourth-order valence-electron chi connectivity index (χ4n) is 2.09. The van der Waals surface area contributed by atoms with Crippen LogP contribution in [0, 0.1) is 0 Å². The predicted octanol–water partition coefficient (Wildman–Crippen LogP) is 4.26. The molecule has 0 amide bonds. The molecule has 0 aliphatic rings. The van der Waals surface area contributed by atoms with Crippen LogP contribution < -0.4 is 4.74 Å². The maximum absolute atomic E-state index is 12.7. The number of rotatable bonds is 2. The van der Waals surface area contributed by atoms with Crippen molar-refractivity contribution in [3.8, 4) is 17.1 Å². The van der Waals surface area contributed by atoms with Crippen LogP contribution in [-0.4, -0.2) is 17.1 Å². The molecule has 1 heterocycles. The van der Waals surface area contributed by atoms with E-state index in [1.807, 2.05) is 6.07 Å². The highest BCUT2D eigenvalue weighted by Gasteiger charge is 2.30. The van der Waals surface area contributed by atoms with Gasteiger partial charge in [-0.1, -0.05) is 12.1 Å². The molecule has 0 fully saturated rings. The third-order valence-corrected chi connectivity index (χ3v) is 3.15. The number of nitrogens with one attached hydrogen (secondary N) is 1. The first kappa shape index (κ1) is 13.5. The topological polar surface area (TPSA) is 37.9 Å². The quantitative estimate of drug-likeness (QED) is 0.766. The van der Waals surface area contributed by atoms with Crippen LogP contribution in [-0.2, 0) is 6.18 Å². The minimum absolute atomic E-state index is 0.350. The third kappa shape index (κ3) is 2.56. The first-order valence-corrected chi connectivity index (χ1v) is 6.19.